The summed E-state index contributed by atoms with van der Waals surface area (Å²) < 4.78 is 1.79. The second-order valence-electron chi connectivity index (χ2n) is 10.1. The molecule has 1 aromatic heterocycles. The maximum absolute atomic E-state index is 13.3. The van der Waals surface area contributed by atoms with Gasteiger partial charge in [0.1, 0.15) is 0 Å². The monoisotopic (exact) mass is 500 g/mol. The molecule has 0 aliphatic heterocycles. The SMILES string of the molecule is CCN(c1cc(Cl)cc(C(=O)NCc2c(C)cc(C)n(CCN(C)C)c2=O)c1C)C1CCCCC1. The van der Waals surface area contributed by atoms with Gasteiger partial charge < -0.3 is 19.7 Å². The van der Waals surface area contributed by atoms with Gasteiger partial charge in [0.05, 0.1) is 0 Å². The van der Waals surface area contributed by atoms with Crippen LogP contribution in [0.3, 0.4) is 0 Å². The lowest BCUT2D eigenvalue weighted by Crippen LogP contribution is -2.37. The molecule has 2 aromatic rings. The van der Waals surface area contributed by atoms with Gasteiger partial charge in [0, 0.05) is 59.8 Å². The van der Waals surface area contributed by atoms with Crippen LogP contribution >= 0.6 is 11.6 Å². The molecule has 1 N–H and O–H groups in total. The molecule has 1 aromatic carbocycles. The number of halogens is 1. The number of carbonyl (C=O) groups is 1. The van der Waals surface area contributed by atoms with Crippen LogP contribution in [0.1, 0.15) is 71.8 Å². The first-order valence-electron chi connectivity index (χ1n) is 12.8. The molecule has 3 rings (SSSR count). The number of hydrogen-bond acceptors (Lipinski definition) is 4. The number of pyridine rings is 1. The molecule has 6 nitrogen and oxygen atoms in total. The van der Waals surface area contributed by atoms with E-state index in [0.29, 0.717) is 28.7 Å². The van der Waals surface area contributed by atoms with E-state index in [0.717, 1.165) is 35.6 Å². The molecular weight excluding hydrogens is 460 g/mol. The third-order valence-corrected chi connectivity index (χ3v) is 7.50. The Morgan fingerprint density at radius 1 is 1.11 bits per heavy atom. The van der Waals surface area contributed by atoms with Gasteiger partial charge in [-0.3, -0.25) is 9.59 Å². The Morgan fingerprint density at radius 2 is 1.80 bits per heavy atom. The zero-order valence-electron chi connectivity index (χ0n) is 22.2. The lowest BCUT2D eigenvalue weighted by atomic mass is 9.93. The molecule has 0 unspecified atom stereocenters. The number of likely N-dealkylation sites (N-methyl/N-ethyl adjacent to an activating group) is 1. The molecule has 1 aliphatic carbocycles. The van der Waals surface area contributed by atoms with Gasteiger partial charge in [-0.2, -0.15) is 0 Å². The molecule has 35 heavy (non-hydrogen) atoms. The van der Waals surface area contributed by atoms with E-state index in [4.69, 9.17) is 11.6 Å². The van der Waals surface area contributed by atoms with Crippen molar-refractivity contribution in [3.63, 3.8) is 0 Å². The lowest BCUT2D eigenvalue weighted by Gasteiger charge is -2.36. The zero-order chi connectivity index (χ0) is 25.7. The van der Waals surface area contributed by atoms with Crippen molar-refractivity contribution in [3.8, 4) is 0 Å². The van der Waals surface area contributed by atoms with Gasteiger partial charge in [-0.15, -0.1) is 0 Å². The summed E-state index contributed by atoms with van der Waals surface area (Å²) >= 11 is 6.51. The van der Waals surface area contributed by atoms with E-state index in [-0.39, 0.29) is 18.0 Å². The zero-order valence-corrected chi connectivity index (χ0v) is 23.0. The van der Waals surface area contributed by atoms with Crippen LogP contribution in [0.5, 0.6) is 0 Å². The van der Waals surface area contributed by atoms with Gasteiger partial charge >= 0.3 is 0 Å². The number of benzene rings is 1. The van der Waals surface area contributed by atoms with Crippen molar-refractivity contribution in [2.45, 2.75) is 78.9 Å². The number of nitrogens with zero attached hydrogens (tertiary/aromatic N) is 3. The van der Waals surface area contributed by atoms with Crippen molar-refractivity contribution in [1.29, 1.82) is 0 Å². The van der Waals surface area contributed by atoms with Gasteiger partial charge in [0.25, 0.3) is 11.5 Å². The number of carbonyl (C=O) groups excluding carboxylic acids is 1. The number of aromatic nitrogens is 1. The van der Waals surface area contributed by atoms with E-state index in [1.807, 2.05) is 47.0 Å². The Kier molecular flexibility index (Phi) is 9.42. The Labute approximate surface area is 215 Å². The van der Waals surface area contributed by atoms with Crippen molar-refractivity contribution in [1.82, 2.24) is 14.8 Å². The normalized spacial score (nSPS) is 14.4. The predicted molar refractivity (Wildman–Crippen MR) is 146 cm³/mol. The Hall–Kier alpha value is -2.31. The fraction of sp³-hybridized carbons (Fsp3) is 0.571. The summed E-state index contributed by atoms with van der Waals surface area (Å²) in [7, 11) is 3.98. The Morgan fingerprint density at radius 3 is 2.43 bits per heavy atom. The van der Waals surface area contributed by atoms with Gasteiger partial charge in [-0.1, -0.05) is 30.9 Å². The molecule has 1 heterocycles. The van der Waals surface area contributed by atoms with E-state index in [1.54, 1.807) is 10.6 Å². The van der Waals surface area contributed by atoms with Crippen LogP contribution in [0, 0.1) is 20.8 Å². The molecule has 1 fully saturated rings. The highest BCUT2D eigenvalue weighted by Gasteiger charge is 2.24. The Balaban J connectivity index is 1.85. The summed E-state index contributed by atoms with van der Waals surface area (Å²) in [6, 6.07) is 6.23. The molecule has 7 heteroatoms. The second-order valence-corrected chi connectivity index (χ2v) is 10.5. The van der Waals surface area contributed by atoms with E-state index in [2.05, 4.69) is 22.0 Å². The smallest absolute Gasteiger partial charge is 0.256 e. The summed E-state index contributed by atoms with van der Waals surface area (Å²) in [5.41, 5.74) is 4.95. The molecule has 0 spiro atoms. The molecule has 1 saturated carbocycles. The largest absolute Gasteiger partial charge is 0.369 e. The summed E-state index contributed by atoms with van der Waals surface area (Å²) in [5.74, 6) is -0.204. The first-order chi connectivity index (χ1) is 16.6. The molecule has 1 aliphatic rings. The fourth-order valence-electron chi connectivity index (χ4n) is 5.24. The van der Waals surface area contributed by atoms with Crippen LogP contribution in [-0.4, -0.2) is 48.6 Å². The molecular formula is C28H41ClN4O2. The molecule has 0 atom stereocenters. The van der Waals surface area contributed by atoms with E-state index in [9.17, 15) is 9.59 Å². The minimum absolute atomic E-state index is 0.0392. The van der Waals surface area contributed by atoms with E-state index < -0.39 is 0 Å². The summed E-state index contributed by atoms with van der Waals surface area (Å²) in [4.78, 5) is 31.0. The Bertz CT molecular complexity index is 1100. The summed E-state index contributed by atoms with van der Waals surface area (Å²) in [6.45, 7) is 10.5. The summed E-state index contributed by atoms with van der Waals surface area (Å²) in [5, 5.41) is 3.56. The van der Waals surface area contributed by atoms with Crippen molar-refractivity contribution in [2.24, 2.45) is 0 Å². The predicted octanol–water partition coefficient (Wildman–Crippen LogP) is 5.08. The van der Waals surface area contributed by atoms with Crippen molar-refractivity contribution in [2.75, 3.05) is 32.1 Å². The number of anilines is 1. The van der Waals surface area contributed by atoms with Gasteiger partial charge in [0.2, 0.25) is 0 Å². The molecule has 0 bridgehead atoms. The van der Waals surface area contributed by atoms with Gasteiger partial charge in [0.15, 0.2) is 0 Å². The van der Waals surface area contributed by atoms with Gasteiger partial charge in [-0.25, -0.2) is 0 Å². The highest BCUT2D eigenvalue weighted by atomic mass is 35.5. The van der Waals surface area contributed by atoms with E-state index in [1.165, 1.54) is 32.1 Å². The molecule has 0 saturated heterocycles. The maximum atomic E-state index is 13.3. The molecule has 0 radical (unpaired) electrons. The fourth-order valence-corrected chi connectivity index (χ4v) is 5.46. The first kappa shape index (κ1) is 27.3. The minimum Gasteiger partial charge on any atom is -0.369 e. The number of amides is 1. The van der Waals surface area contributed by atoms with E-state index >= 15 is 0 Å². The third kappa shape index (κ3) is 6.47. The molecule has 1 amide bonds. The molecule has 192 valence electrons. The highest BCUT2D eigenvalue weighted by molar-refractivity contribution is 6.31. The summed E-state index contributed by atoms with van der Waals surface area (Å²) in [6.07, 6.45) is 6.14. The standard InChI is InChI=1S/C28H41ClN4O2/c1-7-32(23-11-9-8-10-12-23)26-17-22(29)16-24(21(26)4)27(34)30-18-25-19(2)15-20(3)33(28(25)35)14-13-31(5)6/h15-17,23H,7-14,18H2,1-6H3,(H,30,34). The second kappa shape index (κ2) is 12.1. The average molecular weight is 501 g/mol. The van der Waals surface area contributed by atoms with Crippen LogP contribution in [0.15, 0.2) is 23.0 Å². The highest BCUT2D eigenvalue weighted by Crippen LogP contribution is 2.33. The average Bonchev–Trinajstić information content (AvgIpc) is 2.81. The number of hydrogen-bond donors (Lipinski definition) is 1. The van der Waals surface area contributed by atoms with Crippen molar-refractivity contribution in [3.05, 3.63) is 61.5 Å². The lowest BCUT2D eigenvalue weighted by molar-refractivity contribution is 0.0950. The van der Waals surface area contributed by atoms with Crippen LogP contribution in [0.25, 0.3) is 0 Å². The number of nitrogens with one attached hydrogen (secondary N) is 1. The maximum Gasteiger partial charge on any atom is 0.256 e. The van der Waals surface area contributed by atoms with Crippen molar-refractivity contribution < 1.29 is 4.79 Å². The quantitative estimate of drug-likeness (QED) is 0.521. The number of rotatable bonds is 9. The first-order valence-corrected chi connectivity index (χ1v) is 13.2. The van der Waals surface area contributed by atoms with Crippen LogP contribution in [-0.2, 0) is 13.1 Å². The number of aryl methyl sites for hydroxylation is 2. The third-order valence-electron chi connectivity index (χ3n) is 7.28. The minimum atomic E-state index is -0.204. The van der Waals surface area contributed by atoms with Gasteiger partial charge in [-0.05, 0) is 84.0 Å². The van der Waals surface area contributed by atoms with Crippen LogP contribution in [0.2, 0.25) is 5.02 Å². The van der Waals surface area contributed by atoms with Crippen molar-refractivity contribution >= 4 is 23.2 Å². The van der Waals surface area contributed by atoms with Crippen LogP contribution < -0.4 is 15.8 Å². The topological polar surface area (TPSA) is 57.6 Å². The van der Waals surface area contributed by atoms with Crippen LogP contribution in [0.4, 0.5) is 5.69 Å².